The first kappa shape index (κ1) is 16.3. The molecule has 0 spiro atoms. The highest BCUT2D eigenvalue weighted by Gasteiger charge is 2.21. The molecule has 1 unspecified atom stereocenters. The van der Waals surface area contributed by atoms with E-state index in [2.05, 4.69) is 21.2 Å². The van der Waals surface area contributed by atoms with Crippen LogP contribution in [0.1, 0.15) is 52.1 Å². The number of aromatic carboxylic acids is 1. The summed E-state index contributed by atoms with van der Waals surface area (Å²) in [5.74, 6) is -1.22. The molecular formula is C16H16BrNO4. The molecule has 1 aromatic heterocycles. The van der Waals surface area contributed by atoms with Crippen molar-refractivity contribution in [3.63, 3.8) is 0 Å². The highest BCUT2D eigenvalue weighted by molar-refractivity contribution is 9.10. The van der Waals surface area contributed by atoms with Gasteiger partial charge in [0.2, 0.25) is 0 Å². The third-order valence-electron chi connectivity index (χ3n) is 3.28. The van der Waals surface area contributed by atoms with E-state index in [0.29, 0.717) is 12.2 Å². The number of carboxylic acids is 1. The summed E-state index contributed by atoms with van der Waals surface area (Å²) in [7, 11) is 0. The van der Waals surface area contributed by atoms with Gasteiger partial charge in [-0.3, -0.25) is 4.79 Å². The summed E-state index contributed by atoms with van der Waals surface area (Å²) >= 11 is 3.38. The molecule has 1 heterocycles. The Bertz CT molecular complexity index is 708. The molecule has 0 aliphatic carbocycles. The molecule has 5 nitrogen and oxygen atoms in total. The summed E-state index contributed by atoms with van der Waals surface area (Å²) in [6.45, 7) is 3.62. The number of carbonyl (C=O) groups excluding carboxylic acids is 1. The number of nitrogens with one attached hydrogen (secondary N) is 1. The number of aryl methyl sites for hydroxylation is 1. The van der Waals surface area contributed by atoms with Crippen LogP contribution < -0.4 is 5.32 Å². The van der Waals surface area contributed by atoms with Crippen LogP contribution >= 0.6 is 15.9 Å². The number of carboxylic acid groups (broad SMARTS) is 1. The van der Waals surface area contributed by atoms with Gasteiger partial charge in [-0.05, 0) is 24.6 Å². The zero-order valence-electron chi connectivity index (χ0n) is 12.2. The number of hydrogen-bond acceptors (Lipinski definition) is 3. The van der Waals surface area contributed by atoms with E-state index in [0.717, 1.165) is 10.0 Å². The van der Waals surface area contributed by atoms with Crippen LogP contribution in [0.4, 0.5) is 0 Å². The van der Waals surface area contributed by atoms with Gasteiger partial charge >= 0.3 is 5.97 Å². The molecule has 1 aromatic carbocycles. The van der Waals surface area contributed by atoms with E-state index < -0.39 is 11.9 Å². The highest BCUT2D eigenvalue weighted by Crippen LogP contribution is 2.20. The first-order valence-corrected chi connectivity index (χ1v) is 7.64. The fourth-order valence-electron chi connectivity index (χ4n) is 2.11. The molecule has 0 fully saturated rings. The normalized spacial score (nSPS) is 12.0. The summed E-state index contributed by atoms with van der Waals surface area (Å²) in [5, 5.41) is 11.9. The Morgan fingerprint density at radius 2 is 2.09 bits per heavy atom. The van der Waals surface area contributed by atoms with Crippen molar-refractivity contribution < 1.29 is 19.1 Å². The first-order valence-electron chi connectivity index (χ1n) is 6.84. The van der Waals surface area contributed by atoms with E-state index in [1.807, 2.05) is 31.2 Å². The van der Waals surface area contributed by atoms with Crippen LogP contribution in [0.15, 0.2) is 39.2 Å². The fraction of sp³-hybridized carbons (Fsp3) is 0.250. The lowest BCUT2D eigenvalue weighted by Crippen LogP contribution is -2.26. The van der Waals surface area contributed by atoms with Crippen LogP contribution in [0.25, 0.3) is 0 Å². The van der Waals surface area contributed by atoms with Gasteiger partial charge in [0.15, 0.2) is 5.76 Å². The third-order valence-corrected chi connectivity index (χ3v) is 3.77. The summed E-state index contributed by atoms with van der Waals surface area (Å²) in [5.41, 5.74) is 0.964. The maximum absolute atomic E-state index is 12.2. The average molecular weight is 366 g/mol. The number of hydrogen-bond donors (Lipinski definition) is 2. The van der Waals surface area contributed by atoms with Crippen LogP contribution in [0.3, 0.4) is 0 Å². The van der Waals surface area contributed by atoms with Gasteiger partial charge in [0.05, 0.1) is 6.04 Å². The molecule has 0 aliphatic heterocycles. The molecule has 0 saturated carbocycles. The van der Waals surface area contributed by atoms with Gasteiger partial charge in [-0.2, -0.15) is 0 Å². The molecule has 0 radical (unpaired) electrons. The monoisotopic (exact) mass is 365 g/mol. The van der Waals surface area contributed by atoms with E-state index in [-0.39, 0.29) is 17.4 Å². The number of amides is 1. The second-order valence-corrected chi connectivity index (χ2v) is 5.77. The lowest BCUT2D eigenvalue weighted by Gasteiger charge is -2.13. The van der Waals surface area contributed by atoms with E-state index in [4.69, 9.17) is 9.52 Å². The average Bonchev–Trinajstić information content (AvgIpc) is 2.91. The molecule has 0 aliphatic rings. The van der Waals surface area contributed by atoms with E-state index in [1.165, 1.54) is 6.07 Å². The van der Waals surface area contributed by atoms with Crippen molar-refractivity contribution in [3.8, 4) is 0 Å². The molecule has 2 aromatic rings. The third kappa shape index (κ3) is 3.57. The predicted molar refractivity (Wildman–Crippen MR) is 85.1 cm³/mol. The maximum atomic E-state index is 12.2. The lowest BCUT2D eigenvalue weighted by atomic mass is 10.1. The van der Waals surface area contributed by atoms with Crippen molar-refractivity contribution in [2.75, 3.05) is 0 Å². The second-order valence-electron chi connectivity index (χ2n) is 4.86. The first-order chi connectivity index (χ1) is 10.4. The largest absolute Gasteiger partial charge is 0.478 e. The quantitative estimate of drug-likeness (QED) is 0.844. The minimum absolute atomic E-state index is 0.0103. The fourth-order valence-corrected chi connectivity index (χ4v) is 2.53. The van der Waals surface area contributed by atoms with Gasteiger partial charge in [0.1, 0.15) is 11.3 Å². The lowest BCUT2D eigenvalue weighted by molar-refractivity contribution is 0.0694. The SMILES string of the molecule is CCc1oc(C(=O)NC(C)c2cccc(Br)c2)cc1C(=O)O. The molecule has 6 heteroatoms. The molecule has 2 N–H and O–H groups in total. The molecular weight excluding hydrogens is 350 g/mol. The molecule has 22 heavy (non-hydrogen) atoms. The molecule has 0 saturated heterocycles. The Balaban J connectivity index is 2.17. The minimum Gasteiger partial charge on any atom is -0.478 e. The van der Waals surface area contributed by atoms with Crippen molar-refractivity contribution in [1.82, 2.24) is 5.32 Å². The van der Waals surface area contributed by atoms with Crippen LogP contribution in [-0.4, -0.2) is 17.0 Å². The van der Waals surface area contributed by atoms with Crippen LogP contribution in [0.2, 0.25) is 0 Å². The van der Waals surface area contributed by atoms with E-state index in [1.54, 1.807) is 6.92 Å². The highest BCUT2D eigenvalue weighted by atomic mass is 79.9. The summed E-state index contributed by atoms with van der Waals surface area (Å²) < 4.78 is 6.27. The summed E-state index contributed by atoms with van der Waals surface area (Å²) in [4.78, 5) is 23.3. The molecule has 116 valence electrons. The number of halogens is 1. The number of furan rings is 1. The van der Waals surface area contributed by atoms with E-state index >= 15 is 0 Å². The smallest absolute Gasteiger partial charge is 0.339 e. The summed E-state index contributed by atoms with van der Waals surface area (Å²) in [6, 6.07) is 8.63. The summed E-state index contributed by atoms with van der Waals surface area (Å²) in [6.07, 6.45) is 0.413. The van der Waals surface area contributed by atoms with Gasteiger partial charge in [-0.25, -0.2) is 4.79 Å². The van der Waals surface area contributed by atoms with Crippen LogP contribution in [-0.2, 0) is 6.42 Å². The Morgan fingerprint density at radius 3 is 2.64 bits per heavy atom. The van der Waals surface area contributed by atoms with E-state index in [9.17, 15) is 9.59 Å². The van der Waals surface area contributed by atoms with Crippen molar-refractivity contribution in [2.24, 2.45) is 0 Å². The Hall–Kier alpha value is -2.08. The standard InChI is InChI=1S/C16H16BrNO4/c1-3-13-12(16(20)21)8-14(22-13)15(19)18-9(2)10-5-4-6-11(17)7-10/h4-9H,3H2,1-2H3,(H,18,19)(H,20,21). The minimum atomic E-state index is -1.10. The van der Waals surface area contributed by atoms with Crippen molar-refractivity contribution in [2.45, 2.75) is 26.3 Å². The zero-order valence-corrected chi connectivity index (χ0v) is 13.8. The van der Waals surface area contributed by atoms with Gasteiger partial charge < -0.3 is 14.8 Å². The van der Waals surface area contributed by atoms with Gasteiger partial charge in [-0.1, -0.05) is 35.0 Å². The molecule has 1 atom stereocenters. The number of benzene rings is 1. The Kier molecular flexibility index (Phi) is 5.03. The van der Waals surface area contributed by atoms with Gasteiger partial charge in [0.25, 0.3) is 5.91 Å². The van der Waals surface area contributed by atoms with Gasteiger partial charge in [-0.15, -0.1) is 0 Å². The zero-order chi connectivity index (χ0) is 16.3. The number of carbonyl (C=O) groups is 2. The Labute approximate surface area is 136 Å². The molecule has 2 rings (SSSR count). The predicted octanol–water partition coefficient (Wildman–Crippen LogP) is 3.79. The van der Waals surface area contributed by atoms with Crippen molar-refractivity contribution >= 4 is 27.8 Å². The van der Waals surface area contributed by atoms with Crippen molar-refractivity contribution in [3.05, 3.63) is 57.5 Å². The second kappa shape index (κ2) is 6.79. The Morgan fingerprint density at radius 1 is 1.36 bits per heavy atom. The van der Waals surface area contributed by atoms with Crippen LogP contribution in [0.5, 0.6) is 0 Å². The van der Waals surface area contributed by atoms with Gasteiger partial charge in [0, 0.05) is 17.0 Å². The topological polar surface area (TPSA) is 79.5 Å². The maximum Gasteiger partial charge on any atom is 0.339 e. The number of rotatable bonds is 5. The molecule has 0 bridgehead atoms. The van der Waals surface area contributed by atoms with Crippen molar-refractivity contribution in [1.29, 1.82) is 0 Å². The van der Waals surface area contributed by atoms with Crippen LogP contribution in [0, 0.1) is 0 Å². The molecule has 1 amide bonds.